The third kappa shape index (κ3) is 1.79. The fraction of sp³-hybridized carbons (Fsp3) is 0.200. The van der Waals surface area contributed by atoms with Crippen LogP contribution in [0.1, 0.15) is 20.7 Å². The van der Waals surface area contributed by atoms with Gasteiger partial charge in [0.25, 0.3) is 11.8 Å². The van der Waals surface area contributed by atoms with E-state index >= 15 is 0 Å². The Bertz CT molecular complexity index is 659. The molecule has 0 saturated heterocycles. The molecule has 0 aromatic heterocycles. The maximum Gasteiger partial charge on any atom is 0.261 e. The molecule has 0 spiro atoms. The van der Waals surface area contributed by atoms with Crippen LogP contribution in [0.15, 0.2) is 36.4 Å². The van der Waals surface area contributed by atoms with E-state index < -0.39 is 24.5 Å². The van der Waals surface area contributed by atoms with E-state index in [0.29, 0.717) is 16.5 Å². The highest BCUT2D eigenvalue weighted by atomic mass is 16.3. The topological polar surface area (TPSA) is 77.8 Å². The van der Waals surface area contributed by atoms with Crippen molar-refractivity contribution >= 4 is 22.6 Å². The Morgan fingerprint density at radius 3 is 2.05 bits per heavy atom. The summed E-state index contributed by atoms with van der Waals surface area (Å²) < 4.78 is 0. The van der Waals surface area contributed by atoms with Gasteiger partial charge >= 0.3 is 0 Å². The number of carbonyl (C=O) groups excluding carboxylic acids is 2. The minimum Gasteiger partial charge on any atom is -0.394 e. The minimum atomic E-state index is -1.13. The van der Waals surface area contributed by atoms with Crippen molar-refractivity contribution in [1.82, 2.24) is 4.90 Å². The Balaban J connectivity index is 2.16. The molecule has 1 heterocycles. The van der Waals surface area contributed by atoms with E-state index in [1.165, 1.54) is 0 Å². The second-order valence-electron chi connectivity index (χ2n) is 4.77. The standard InChI is InChI=1S/C15H13NO4/c17-8-10(18)7-16-14(19)11-5-1-3-9-4-2-6-12(13(9)11)15(16)20/h1-6,10,17-18H,7-8H2. The number of β-amino-alcohol motifs (C(OH)–C–C–N with tert-alkyl or cyclic N) is 1. The van der Waals surface area contributed by atoms with Crippen molar-refractivity contribution in [3.05, 3.63) is 47.5 Å². The lowest BCUT2D eigenvalue weighted by molar-refractivity contribution is 0.0391. The summed E-state index contributed by atoms with van der Waals surface area (Å²) in [6, 6.07) is 10.5. The Kier molecular flexibility index (Phi) is 3.00. The summed E-state index contributed by atoms with van der Waals surface area (Å²) in [6.07, 6.45) is -1.13. The van der Waals surface area contributed by atoms with Crippen molar-refractivity contribution in [2.24, 2.45) is 0 Å². The van der Waals surface area contributed by atoms with Gasteiger partial charge in [-0.15, -0.1) is 0 Å². The molecule has 1 unspecified atom stereocenters. The van der Waals surface area contributed by atoms with E-state index in [0.717, 1.165) is 10.3 Å². The molecule has 2 aromatic carbocycles. The molecule has 5 heteroatoms. The number of aliphatic hydroxyl groups is 2. The normalized spacial score (nSPS) is 15.8. The lowest BCUT2D eigenvalue weighted by Gasteiger charge is -2.28. The number of amides is 2. The number of nitrogens with zero attached hydrogens (tertiary/aromatic N) is 1. The molecule has 0 radical (unpaired) electrons. The van der Waals surface area contributed by atoms with Crippen LogP contribution >= 0.6 is 0 Å². The van der Waals surface area contributed by atoms with Crippen LogP contribution < -0.4 is 0 Å². The summed E-state index contributed by atoms with van der Waals surface area (Å²) in [7, 11) is 0. The predicted octanol–water partition coefficient (Wildman–Crippen LogP) is 0.789. The third-order valence-corrected chi connectivity index (χ3v) is 3.46. The van der Waals surface area contributed by atoms with Crippen LogP contribution in [0, 0.1) is 0 Å². The SMILES string of the molecule is O=C1c2cccc3cccc(c23)C(=O)N1CC(O)CO. The smallest absolute Gasteiger partial charge is 0.261 e. The molecule has 1 atom stereocenters. The number of carbonyl (C=O) groups is 2. The first kappa shape index (κ1) is 12.8. The van der Waals surface area contributed by atoms with Crippen molar-refractivity contribution in [2.45, 2.75) is 6.10 Å². The number of imide groups is 1. The summed E-state index contributed by atoms with van der Waals surface area (Å²) in [5, 5.41) is 19.9. The Morgan fingerprint density at radius 2 is 1.55 bits per heavy atom. The first-order valence-corrected chi connectivity index (χ1v) is 6.30. The summed E-state index contributed by atoms with van der Waals surface area (Å²) >= 11 is 0. The zero-order valence-electron chi connectivity index (χ0n) is 10.6. The van der Waals surface area contributed by atoms with E-state index in [-0.39, 0.29) is 6.54 Å². The lowest BCUT2D eigenvalue weighted by atomic mass is 9.94. The highest BCUT2D eigenvalue weighted by molar-refractivity contribution is 6.25. The molecule has 5 nitrogen and oxygen atoms in total. The molecular weight excluding hydrogens is 258 g/mol. The molecule has 1 aliphatic heterocycles. The van der Waals surface area contributed by atoms with E-state index in [1.54, 1.807) is 24.3 Å². The van der Waals surface area contributed by atoms with Crippen LogP contribution in [0.25, 0.3) is 10.8 Å². The van der Waals surface area contributed by atoms with Crippen LogP contribution in [-0.4, -0.2) is 46.2 Å². The van der Waals surface area contributed by atoms with E-state index in [9.17, 15) is 14.7 Å². The van der Waals surface area contributed by atoms with Gasteiger partial charge in [0.15, 0.2) is 0 Å². The van der Waals surface area contributed by atoms with Gasteiger partial charge in [-0.25, -0.2) is 0 Å². The fourth-order valence-corrected chi connectivity index (χ4v) is 2.51. The van der Waals surface area contributed by atoms with Crippen molar-refractivity contribution in [2.75, 3.05) is 13.2 Å². The first-order valence-electron chi connectivity index (χ1n) is 6.30. The van der Waals surface area contributed by atoms with Gasteiger partial charge in [0.05, 0.1) is 19.3 Å². The van der Waals surface area contributed by atoms with Gasteiger partial charge in [-0.05, 0) is 17.5 Å². The van der Waals surface area contributed by atoms with Crippen molar-refractivity contribution < 1.29 is 19.8 Å². The Morgan fingerprint density at radius 1 is 1.00 bits per heavy atom. The van der Waals surface area contributed by atoms with Crippen molar-refractivity contribution in [3.8, 4) is 0 Å². The molecule has 20 heavy (non-hydrogen) atoms. The zero-order chi connectivity index (χ0) is 14.3. The Labute approximate surface area is 115 Å². The van der Waals surface area contributed by atoms with Gasteiger partial charge < -0.3 is 10.2 Å². The molecule has 0 aliphatic carbocycles. The molecule has 0 saturated carbocycles. The summed E-state index contributed by atoms with van der Waals surface area (Å²) in [5.41, 5.74) is 0.894. The van der Waals surface area contributed by atoms with Crippen molar-refractivity contribution in [3.63, 3.8) is 0 Å². The average molecular weight is 271 g/mol. The molecular formula is C15H13NO4. The highest BCUT2D eigenvalue weighted by Crippen LogP contribution is 2.29. The molecule has 2 aromatic rings. The third-order valence-electron chi connectivity index (χ3n) is 3.46. The number of aliphatic hydroxyl groups excluding tert-OH is 2. The number of rotatable bonds is 3. The van der Waals surface area contributed by atoms with Gasteiger partial charge in [-0.2, -0.15) is 0 Å². The molecule has 0 bridgehead atoms. The molecule has 2 amide bonds. The average Bonchev–Trinajstić information content (AvgIpc) is 2.48. The van der Waals surface area contributed by atoms with Gasteiger partial charge in [-0.3, -0.25) is 14.5 Å². The maximum absolute atomic E-state index is 12.4. The van der Waals surface area contributed by atoms with Crippen LogP contribution in [0.4, 0.5) is 0 Å². The van der Waals surface area contributed by atoms with E-state index in [4.69, 9.17) is 5.11 Å². The minimum absolute atomic E-state index is 0.209. The van der Waals surface area contributed by atoms with Crippen LogP contribution in [0.2, 0.25) is 0 Å². The monoisotopic (exact) mass is 271 g/mol. The van der Waals surface area contributed by atoms with Crippen molar-refractivity contribution in [1.29, 1.82) is 0 Å². The van der Waals surface area contributed by atoms with Crippen LogP contribution in [0.3, 0.4) is 0 Å². The largest absolute Gasteiger partial charge is 0.394 e. The van der Waals surface area contributed by atoms with Gasteiger partial charge in [0.2, 0.25) is 0 Å². The second kappa shape index (κ2) is 4.70. The number of benzene rings is 2. The first-order chi connectivity index (χ1) is 9.63. The Hall–Kier alpha value is -2.24. The number of hydrogen-bond donors (Lipinski definition) is 2. The molecule has 3 rings (SSSR count). The van der Waals surface area contributed by atoms with E-state index in [2.05, 4.69) is 0 Å². The predicted molar refractivity (Wildman–Crippen MR) is 72.4 cm³/mol. The van der Waals surface area contributed by atoms with Crippen LogP contribution in [-0.2, 0) is 0 Å². The molecule has 0 fully saturated rings. The highest BCUT2D eigenvalue weighted by Gasteiger charge is 2.33. The van der Waals surface area contributed by atoms with E-state index in [1.807, 2.05) is 12.1 Å². The van der Waals surface area contributed by atoms with Gasteiger partial charge in [-0.1, -0.05) is 24.3 Å². The summed E-state index contributed by atoms with van der Waals surface area (Å²) in [5.74, 6) is -0.876. The number of hydrogen-bond acceptors (Lipinski definition) is 4. The second-order valence-corrected chi connectivity index (χ2v) is 4.77. The molecule has 1 aliphatic rings. The fourth-order valence-electron chi connectivity index (χ4n) is 2.51. The molecule has 2 N–H and O–H groups in total. The van der Waals surface area contributed by atoms with Gasteiger partial charge in [0.1, 0.15) is 0 Å². The molecule has 102 valence electrons. The summed E-state index contributed by atoms with van der Waals surface area (Å²) in [4.78, 5) is 25.7. The summed E-state index contributed by atoms with van der Waals surface area (Å²) in [6.45, 7) is -0.707. The quantitative estimate of drug-likeness (QED) is 0.809. The van der Waals surface area contributed by atoms with Crippen LogP contribution in [0.5, 0.6) is 0 Å². The lowest BCUT2D eigenvalue weighted by Crippen LogP contribution is -2.45. The van der Waals surface area contributed by atoms with Gasteiger partial charge in [0, 0.05) is 16.5 Å². The zero-order valence-corrected chi connectivity index (χ0v) is 10.6. The maximum atomic E-state index is 12.4.